The minimum absolute atomic E-state index is 0.656. The van der Waals surface area contributed by atoms with Gasteiger partial charge in [0, 0.05) is 18.6 Å². The molecule has 0 amide bonds. The monoisotopic (exact) mass is 248 g/mol. The number of methoxy groups -OCH3 is 1. The summed E-state index contributed by atoms with van der Waals surface area (Å²) in [5, 5.41) is 3.65. The van der Waals surface area contributed by atoms with Gasteiger partial charge in [-0.3, -0.25) is 0 Å². The highest BCUT2D eigenvalue weighted by molar-refractivity contribution is 5.27. The molecule has 2 atom stereocenters. The Morgan fingerprint density at radius 1 is 1.33 bits per heavy atom. The standard InChI is InChI=1S/C15H24N2O/c1-12-10-14(11-17(12)2)16-9-8-13-4-6-15(18-3)7-5-13/h4-7,12,14,16H,8-11H2,1-3H3. The van der Waals surface area contributed by atoms with Crippen LogP contribution in [-0.2, 0) is 6.42 Å². The quantitative estimate of drug-likeness (QED) is 0.861. The smallest absolute Gasteiger partial charge is 0.118 e. The van der Waals surface area contributed by atoms with Gasteiger partial charge in [-0.05, 0) is 51.1 Å². The Hall–Kier alpha value is -1.06. The molecule has 1 saturated heterocycles. The summed E-state index contributed by atoms with van der Waals surface area (Å²) in [5.41, 5.74) is 1.36. The van der Waals surface area contributed by atoms with E-state index in [2.05, 4.69) is 36.3 Å². The fraction of sp³-hybridized carbons (Fsp3) is 0.600. The van der Waals surface area contributed by atoms with E-state index in [-0.39, 0.29) is 0 Å². The van der Waals surface area contributed by atoms with Crippen LogP contribution < -0.4 is 10.1 Å². The molecule has 1 aromatic rings. The minimum atomic E-state index is 0.656. The van der Waals surface area contributed by atoms with Crippen LogP contribution in [0.4, 0.5) is 0 Å². The van der Waals surface area contributed by atoms with Crippen molar-refractivity contribution in [3.8, 4) is 5.75 Å². The number of rotatable bonds is 5. The van der Waals surface area contributed by atoms with E-state index < -0.39 is 0 Å². The Labute approximate surface area is 110 Å². The van der Waals surface area contributed by atoms with E-state index in [9.17, 15) is 0 Å². The average Bonchev–Trinajstić information content (AvgIpc) is 2.69. The highest BCUT2D eigenvalue weighted by Crippen LogP contribution is 2.15. The van der Waals surface area contributed by atoms with Crippen LogP contribution >= 0.6 is 0 Å². The molecule has 0 spiro atoms. The van der Waals surface area contributed by atoms with Crippen LogP contribution in [0.5, 0.6) is 5.75 Å². The molecule has 3 heteroatoms. The van der Waals surface area contributed by atoms with Crippen LogP contribution in [0.2, 0.25) is 0 Å². The van der Waals surface area contributed by atoms with Crippen LogP contribution in [0.1, 0.15) is 18.9 Å². The van der Waals surface area contributed by atoms with Crippen LogP contribution in [0, 0.1) is 0 Å². The molecular weight excluding hydrogens is 224 g/mol. The number of hydrogen-bond donors (Lipinski definition) is 1. The average molecular weight is 248 g/mol. The van der Waals surface area contributed by atoms with Gasteiger partial charge in [0.05, 0.1) is 7.11 Å². The van der Waals surface area contributed by atoms with Gasteiger partial charge >= 0.3 is 0 Å². The van der Waals surface area contributed by atoms with E-state index in [0.717, 1.165) is 18.7 Å². The van der Waals surface area contributed by atoms with E-state index in [0.29, 0.717) is 12.1 Å². The summed E-state index contributed by atoms with van der Waals surface area (Å²) < 4.78 is 5.16. The second-order valence-corrected chi connectivity index (χ2v) is 5.27. The van der Waals surface area contributed by atoms with Crippen molar-refractivity contribution < 1.29 is 4.74 Å². The zero-order chi connectivity index (χ0) is 13.0. The van der Waals surface area contributed by atoms with Crippen LogP contribution in [-0.4, -0.2) is 44.2 Å². The fourth-order valence-electron chi connectivity index (χ4n) is 2.55. The first-order chi connectivity index (χ1) is 8.69. The fourth-order valence-corrected chi connectivity index (χ4v) is 2.55. The molecule has 0 aromatic heterocycles. The summed E-state index contributed by atoms with van der Waals surface area (Å²) in [4.78, 5) is 2.42. The molecule has 2 rings (SSSR count). The number of nitrogens with zero attached hydrogens (tertiary/aromatic N) is 1. The summed E-state index contributed by atoms with van der Waals surface area (Å²) in [5.74, 6) is 0.929. The van der Waals surface area contributed by atoms with Crippen molar-refractivity contribution in [3.63, 3.8) is 0 Å². The SMILES string of the molecule is COc1ccc(CCNC2CC(C)N(C)C2)cc1. The van der Waals surface area contributed by atoms with Crippen molar-refractivity contribution in [2.75, 3.05) is 27.2 Å². The summed E-state index contributed by atoms with van der Waals surface area (Å²) in [6, 6.07) is 9.71. The van der Waals surface area contributed by atoms with E-state index in [1.807, 2.05) is 12.1 Å². The Kier molecular flexibility index (Phi) is 4.61. The molecule has 100 valence electrons. The lowest BCUT2D eigenvalue weighted by Gasteiger charge is -2.13. The molecule has 2 unspecified atom stereocenters. The van der Waals surface area contributed by atoms with Crippen molar-refractivity contribution in [3.05, 3.63) is 29.8 Å². The van der Waals surface area contributed by atoms with Crippen LogP contribution in [0.25, 0.3) is 0 Å². The lowest BCUT2D eigenvalue weighted by Crippen LogP contribution is -2.32. The molecule has 1 aromatic carbocycles. The second kappa shape index (κ2) is 6.21. The number of hydrogen-bond acceptors (Lipinski definition) is 3. The maximum absolute atomic E-state index is 5.16. The number of nitrogens with one attached hydrogen (secondary N) is 1. The summed E-state index contributed by atoms with van der Waals surface area (Å²) >= 11 is 0. The second-order valence-electron chi connectivity index (χ2n) is 5.27. The first-order valence-corrected chi connectivity index (χ1v) is 6.75. The number of ether oxygens (including phenoxy) is 1. The molecule has 18 heavy (non-hydrogen) atoms. The Morgan fingerprint density at radius 2 is 2.06 bits per heavy atom. The third-order valence-electron chi connectivity index (χ3n) is 3.89. The van der Waals surface area contributed by atoms with E-state index in [4.69, 9.17) is 4.74 Å². The lowest BCUT2D eigenvalue weighted by molar-refractivity contribution is 0.327. The molecule has 1 aliphatic rings. The van der Waals surface area contributed by atoms with Crippen LogP contribution in [0.15, 0.2) is 24.3 Å². The Bertz CT molecular complexity index is 353. The van der Waals surface area contributed by atoms with Crippen molar-refractivity contribution in [2.45, 2.75) is 31.8 Å². The number of likely N-dealkylation sites (N-methyl/N-ethyl adjacent to an activating group) is 1. The molecule has 1 N–H and O–H groups in total. The lowest BCUT2D eigenvalue weighted by atomic mass is 10.1. The maximum atomic E-state index is 5.16. The van der Waals surface area contributed by atoms with E-state index >= 15 is 0 Å². The third-order valence-corrected chi connectivity index (χ3v) is 3.89. The highest BCUT2D eigenvalue weighted by atomic mass is 16.5. The molecule has 3 nitrogen and oxygen atoms in total. The van der Waals surface area contributed by atoms with Gasteiger partial charge in [-0.2, -0.15) is 0 Å². The van der Waals surface area contributed by atoms with Gasteiger partial charge in [0.2, 0.25) is 0 Å². The molecular formula is C15H24N2O. The van der Waals surface area contributed by atoms with Crippen molar-refractivity contribution in [1.29, 1.82) is 0 Å². The molecule has 1 fully saturated rings. The first kappa shape index (κ1) is 13.4. The topological polar surface area (TPSA) is 24.5 Å². The summed E-state index contributed by atoms with van der Waals surface area (Å²) in [7, 11) is 3.91. The predicted molar refractivity (Wildman–Crippen MR) is 75.2 cm³/mol. The normalized spacial score (nSPS) is 24.4. The number of likely N-dealkylation sites (tertiary alicyclic amines) is 1. The Morgan fingerprint density at radius 3 is 2.61 bits per heavy atom. The molecule has 0 bridgehead atoms. The maximum Gasteiger partial charge on any atom is 0.118 e. The molecule has 0 aliphatic carbocycles. The number of benzene rings is 1. The molecule has 1 heterocycles. The van der Waals surface area contributed by atoms with Gasteiger partial charge in [0.15, 0.2) is 0 Å². The van der Waals surface area contributed by atoms with Gasteiger partial charge in [0.25, 0.3) is 0 Å². The first-order valence-electron chi connectivity index (χ1n) is 6.75. The third kappa shape index (κ3) is 3.47. The van der Waals surface area contributed by atoms with E-state index in [1.54, 1.807) is 7.11 Å². The van der Waals surface area contributed by atoms with Gasteiger partial charge in [0.1, 0.15) is 5.75 Å². The molecule has 0 saturated carbocycles. The summed E-state index contributed by atoms with van der Waals surface area (Å²) in [6.45, 7) is 4.52. The van der Waals surface area contributed by atoms with Gasteiger partial charge in [-0.25, -0.2) is 0 Å². The summed E-state index contributed by atoms with van der Waals surface area (Å²) in [6.07, 6.45) is 2.34. The van der Waals surface area contributed by atoms with E-state index in [1.165, 1.54) is 18.5 Å². The van der Waals surface area contributed by atoms with Crippen molar-refractivity contribution in [2.24, 2.45) is 0 Å². The molecule has 1 aliphatic heterocycles. The minimum Gasteiger partial charge on any atom is -0.497 e. The van der Waals surface area contributed by atoms with Crippen LogP contribution in [0.3, 0.4) is 0 Å². The highest BCUT2D eigenvalue weighted by Gasteiger charge is 2.25. The zero-order valence-corrected chi connectivity index (χ0v) is 11.6. The zero-order valence-electron chi connectivity index (χ0n) is 11.6. The Balaban J connectivity index is 1.72. The van der Waals surface area contributed by atoms with Gasteiger partial charge in [-0.1, -0.05) is 12.1 Å². The largest absolute Gasteiger partial charge is 0.497 e. The van der Waals surface area contributed by atoms with Crippen molar-refractivity contribution in [1.82, 2.24) is 10.2 Å². The van der Waals surface area contributed by atoms with Gasteiger partial charge < -0.3 is 15.0 Å². The predicted octanol–water partition coefficient (Wildman–Crippen LogP) is 1.92. The van der Waals surface area contributed by atoms with Crippen molar-refractivity contribution >= 4 is 0 Å². The van der Waals surface area contributed by atoms with Gasteiger partial charge in [-0.15, -0.1) is 0 Å². The molecule has 0 radical (unpaired) electrons.